The van der Waals surface area contributed by atoms with Crippen LogP contribution in [0, 0.1) is 0 Å². The monoisotopic (exact) mass is 413 g/mol. The Balaban J connectivity index is 2.03. The highest BCUT2D eigenvalue weighted by Gasteiger charge is 2.17. The molecule has 1 amide bonds. The Hall–Kier alpha value is -2.03. The van der Waals surface area contributed by atoms with Gasteiger partial charge in [-0.25, -0.2) is 13.2 Å². The largest absolute Gasteiger partial charge is 0.452 e. The van der Waals surface area contributed by atoms with Crippen LogP contribution in [0.5, 0.6) is 0 Å². The molecule has 0 aromatic heterocycles. The Morgan fingerprint density at radius 2 is 1.92 bits per heavy atom. The van der Waals surface area contributed by atoms with E-state index >= 15 is 0 Å². The SMILES string of the molecule is CSc1cccc(NC(=O)COC(=O)c2cc(S(C)(=O)=O)ccc2Cl)c1. The normalized spacial score (nSPS) is 11.0. The van der Waals surface area contributed by atoms with E-state index < -0.39 is 28.3 Å². The molecule has 0 aliphatic carbocycles. The van der Waals surface area contributed by atoms with Gasteiger partial charge in [0.15, 0.2) is 16.4 Å². The van der Waals surface area contributed by atoms with E-state index in [0.717, 1.165) is 17.2 Å². The van der Waals surface area contributed by atoms with E-state index in [1.807, 2.05) is 12.3 Å². The van der Waals surface area contributed by atoms with Gasteiger partial charge in [0, 0.05) is 16.8 Å². The first kappa shape index (κ1) is 20.3. The first-order chi connectivity index (χ1) is 12.2. The maximum Gasteiger partial charge on any atom is 0.340 e. The lowest BCUT2D eigenvalue weighted by atomic mass is 10.2. The van der Waals surface area contributed by atoms with E-state index in [9.17, 15) is 18.0 Å². The fourth-order valence-corrected chi connectivity index (χ4v) is 3.30. The number of halogens is 1. The predicted molar refractivity (Wildman–Crippen MR) is 102 cm³/mol. The molecule has 0 atom stereocenters. The summed E-state index contributed by atoms with van der Waals surface area (Å²) in [7, 11) is -3.50. The molecule has 0 aliphatic rings. The molecule has 0 spiro atoms. The van der Waals surface area contributed by atoms with E-state index in [1.54, 1.807) is 18.2 Å². The van der Waals surface area contributed by atoms with Crippen LogP contribution in [0.25, 0.3) is 0 Å². The highest BCUT2D eigenvalue weighted by molar-refractivity contribution is 7.98. The average Bonchev–Trinajstić information content (AvgIpc) is 2.59. The zero-order chi connectivity index (χ0) is 19.3. The molecule has 9 heteroatoms. The number of carbonyl (C=O) groups is 2. The second kappa shape index (κ2) is 8.57. The van der Waals surface area contributed by atoms with Crippen molar-refractivity contribution in [2.45, 2.75) is 9.79 Å². The molecule has 0 saturated heterocycles. The van der Waals surface area contributed by atoms with Crippen molar-refractivity contribution in [3.8, 4) is 0 Å². The van der Waals surface area contributed by atoms with Crippen molar-refractivity contribution < 1.29 is 22.7 Å². The van der Waals surface area contributed by atoms with Crippen molar-refractivity contribution in [1.82, 2.24) is 0 Å². The molecule has 2 aromatic carbocycles. The number of esters is 1. The van der Waals surface area contributed by atoms with Gasteiger partial charge in [0.05, 0.1) is 15.5 Å². The Morgan fingerprint density at radius 1 is 1.19 bits per heavy atom. The number of anilines is 1. The molecule has 138 valence electrons. The first-order valence-corrected chi connectivity index (χ1v) is 10.8. The fourth-order valence-electron chi connectivity index (χ4n) is 2.00. The van der Waals surface area contributed by atoms with Gasteiger partial charge in [0.25, 0.3) is 5.91 Å². The molecule has 6 nitrogen and oxygen atoms in total. The van der Waals surface area contributed by atoms with Gasteiger partial charge in [-0.2, -0.15) is 0 Å². The van der Waals surface area contributed by atoms with E-state index in [0.29, 0.717) is 5.69 Å². The van der Waals surface area contributed by atoms with Crippen LogP contribution in [0.3, 0.4) is 0 Å². The maximum atomic E-state index is 12.1. The summed E-state index contributed by atoms with van der Waals surface area (Å²) >= 11 is 7.45. The zero-order valence-corrected chi connectivity index (χ0v) is 16.4. The van der Waals surface area contributed by atoms with Crippen LogP contribution in [-0.2, 0) is 19.4 Å². The summed E-state index contributed by atoms with van der Waals surface area (Å²) in [6, 6.07) is 10.9. The van der Waals surface area contributed by atoms with Crippen molar-refractivity contribution in [3.05, 3.63) is 53.1 Å². The number of hydrogen-bond donors (Lipinski definition) is 1. The third-order valence-electron chi connectivity index (χ3n) is 3.27. The Morgan fingerprint density at radius 3 is 2.58 bits per heavy atom. The molecule has 0 aliphatic heterocycles. The van der Waals surface area contributed by atoms with E-state index in [2.05, 4.69) is 5.32 Å². The smallest absolute Gasteiger partial charge is 0.340 e. The Labute approximate surface area is 160 Å². The lowest BCUT2D eigenvalue weighted by molar-refractivity contribution is -0.119. The zero-order valence-electron chi connectivity index (χ0n) is 14.0. The highest BCUT2D eigenvalue weighted by Crippen LogP contribution is 2.22. The number of sulfone groups is 1. The molecule has 0 saturated carbocycles. The van der Waals surface area contributed by atoms with Crippen LogP contribution in [0.2, 0.25) is 5.02 Å². The third kappa shape index (κ3) is 5.48. The lowest BCUT2D eigenvalue weighted by Gasteiger charge is -2.09. The standard InChI is InChI=1S/C17H16ClNO5S2/c1-25-12-5-3-4-11(8-12)19-16(20)10-24-17(21)14-9-13(26(2,22)23)6-7-15(14)18/h3-9H,10H2,1-2H3,(H,19,20). The second-order valence-electron chi connectivity index (χ2n) is 5.27. The molecular formula is C17H16ClNO5S2. The number of carbonyl (C=O) groups excluding carboxylic acids is 2. The molecule has 0 unspecified atom stereocenters. The molecule has 26 heavy (non-hydrogen) atoms. The number of ether oxygens (including phenoxy) is 1. The summed E-state index contributed by atoms with van der Waals surface area (Å²) in [5.41, 5.74) is 0.460. The number of thioether (sulfide) groups is 1. The molecule has 2 aromatic rings. The van der Waals surface area contributed by atoms with Crippen molar-refractivity contribution in [2.75, 3.05) is 24.4 Å². The molecule has 1 N–H and O–H groups in total. The number of hydrogen-bond acceptors (Lipinski definition) is 6. The summed E-state index contributed by atoms with van der Waals surface area (Å²) in [6.45, 7) is -0.526. The van der Waals surface area contributed by atoms with Crippen LogP contribution >= 0.6 is 23.4 Å². The van der Waals surface area contributed by atoms with E-state index in [1.165, 1.54) is 23.9 Å². The van der Waals surface area contributed by atoms with Gasteiger partial charge in [-0.15, -0.1) is 11.8 Å². The summed E-state index contributed by atoms with van der Waals surface area (Å²) in [5, 5.41) is 2.65. The summed E-state index contributed by atoms with van der Waals surface area (Å²) in [4.78, 5) is 25.0. The van der Waals surface area contributed by atoms with Crippen LogP contribution in [-0.4, -0.2) is 39.4 Å². The van der Waals surface area contributed by atoms with Crippen molar-refractivity contribution in [1.29, 1.82) is 0 Å². The molecular weight excluding hydrogens is 398 g/mol. The van der Waals surface area contributed by atoms with Gasteiger partial charge >= 0.3 is 5.97 Å². The minimum Gasteiger partial charge on any atom is -0.452 e. The third-order valence-corrected chi connectivity index (χ3v) is 5.44. The average molecular weight is 414 g/mol. The minimum atomic E-state index is -3.50. The van der Waals surface area contributed by atoms with Gasteiger partial charge in [-0.3, -0.25) is 4.79 Å². The van der Waals surface area contributed by atoms with Crippen LogP contribution in [0.15, 0.2) is 52.3 Å². The minimum absolute atomic E-state index is 0.0375. The molecule has 2 rings (SSSR count). The molecule has 0 fully saturated rings. The maximum absolute atomic E-state index is 12.1. The van der Waals surface area contributed by atoms with Gasteiger partial charge in [-0.05, 0) is 42.7 Å². The predicted octanol–water partition coefficient (Wildman–Crippen LogP) is 3.26. The first-order valence-electron chi connectivity index (χ1n) is 7.31. The fraction of sp³-hybridized carbons (Fsp3) is 0.176. The van der Waals surface area contributed by atoms with Crippen molar-refractivity contribution >= 4 is 50.8 Å². The second-order valence-corrected chi connectivity index (χ2v) is 8.57. The summed E-state index contributed by atoms with van der Waals surface area (Å²) in [5.74, 6) is -1.40. The Bertz CT molecular complexity index is 944. The van der Waals surface area contributed by atoms with Gasteiger partial charge in [0.1, 0.15) is 0 Å². The van der Waals surface area contributed by atoms with E-state index in [-0.39, 0.29) is 15.5 Å². The van der Waals surface area contributed by atoms with Crippen LogP contribution in [0.1, 0.15) is 10.4 Å². The number of amides is 1. The van der Waals surface area contributed by atoms with E-state index in [4.69, 9.17) is 16.3 Å². The Kier molecular flexibility index (Phi) is 6.69. The summed E-state index contributed by atoms with van der Waals surface area (Å²) in [6.07, 6.45) is 2.93. The number of benzene rings is 2. The highest BCUT2D eigenvalue weighted by atomic mass is 35.5. The molecule has 0 radical (unpaired) electrons. The van der Waals surface area contributed by atoms with Crippen molar-refractivity contribution in [2.24, 2.45) is 0 Å². The molecule has 0 bridgehead atoms. The van der Waals surface area contributed by atoms with Gasteiger partial charge in [0.2, 0.25) is 0 Å². The topological polar surface area (TPSA) is 89.5 Å². The van der Waals surface area contributed by atoms with Crippen molar-refractivity contribution in [3.63, 3.8) is 0 Å². The van der Waals surface area contributed by atoms with Gasteiger partial charge in [-0.1, -0.05) is 17.7 Å². The van der Waals surface area contributed by atoms with Gasteiger partial charge < -0.3 is 10.1 Å². The molecule has 0 heterocycles. The summed E-state index contributed by atoms with van der Waals surface area (Å²) < 4.78 is 28.1. The number of rotatable bonds is 6. The quantitative estimate of drug-likeness (QED) is 0.577. The lowest BCUT2D eigenvalue weighted by Crippen LogP contribution is -2.21. The van der Waals surface area contributed by atoms with Crippen LogP contribution < -0.4 is 5.32 Å². The number of nitrogens with one attached hydrogen (secondary N) is 1. The van der Waals surface area contributed by atoms with Crippen LogP contribution in [0.4, 0.5) is 5.69 Å².